The van der Waals surface area contributed by atoms with E-state index >= 15 is 0 Å². The summed E-state index contributed by atoms with van der Waals surface area (Å²) in [4.78, 5) is 31.2. The van der Waals surface area contributed by atoms with Crippen LogP contribution in [-0.2, 0) is 0 Å². The molecule has 1 aliphatic rings. The molecule has 1 unspecified atom stereocenters. The zero-order valence-corrected chi connectivity index (χ0v) is 17.7. The first-order chi connectivity index (χ1) is 14.4. The molecule has 0 N–H and O–H groups in total. The van der Waals surface area contributed by atoms with Crippen LogP contribution < -0.4 is 4.74 Å². The van der Waals surface area contributed by atoms with E-state index in [2.05, 4.69) is 30.7 Å². The van der Waals surface area contributed by atoms with Crippen molar-refractivity contribution < 1.29 is 14.3 Å². The fraction of sp³-hybridized carbons (Fsp3) is 0.208. The van der Waals surface area contributed by atoms with Gasteiger partial charge in [-0.3, -0.25) is 14.5 Å². The number of imide groups is 1. The van der Waals surface area contributed by atoms with Crippen molar-refractivity contribution in [1.82, 2.24) is 9.88 Å². The van der Waals surface area contributed by atoms with Gasteiger partial charge in [0.1, 0.15) is 10.6 Å². The van der Waals surface area contributed by atoms with Crippen molar-refractivity contribution in [3.8, 4) is 22.8 Å². The van der Waals surface area contributed by atoms with Crippen LogP contribution in [0.4, 0.5) is 0 Å². The summed E-state index contributed by atoms with van der Waals surface area (Å²) < 4.78 is 5.80. The highest BCUT2D eigenvalue weighted by molar-refractivity contribution is 7.13. The maximum atomic E-state index is 12.5. The van der Waals surface area contributed by atoms with Crippen LogP contribution in [0.15, 0.2) is 54.7 Å². The minimum Gasteiger partial charge on any atom is -0.431 e. The summed E-state index contributed by atoms with van der Waals surface area (Å²) in [6, 6.07) is 14.2. The smallest absolute Gasteiger partial charge is 0.279 e. The molecule has 4 rings (SSSR count). The highest BCUT2D eigenvalue weighted by atomic mass is 32.1. The monoisotopic (exact) mass is 416 g/mol. The van der Waals surface area contributed by atoms with E-state index in [0.717, 1.165) is 0 Å². The molecule has 2 amide bonds. The molecule has 0 radical (unpaired) electrons. The third-order valence-corrected chi connectivity index (χ3v) is 5.64. The second-order valence-electron chi connectivity index (χ2n) is 7.29. The molecule has 2 heterocycles. The number of fused-ring (bicyclic) bond motifs is 1. The Labute approximate surface area is 179 Å². The van der Waals surface area contributed by atoms with Crippen molar-refractivity contribution in [2.45, 2.75) is 32.7 Å². The zero-order valence-electron chi connectivity index (χ0n) is 16.9. The summed E-state index contributed by atoms with van der Waals surface area (Å²) in [6.45, 7) is 6.03. The first-order valence-corrected chi connectivity index (χ1v) is 10.5. The molecule has 0 aliphatic carbocycles. The predicted molar refractivity (Wildman–Crippen MR) is 116 cm³/mol. The number of benzene rings is 2. The van der Waals surface area contributed by atoms with E-state index in [1.165, 1.54) is 21.8 Å². The standard InChI is InChI=1S/C24H20N2O3S/c1-15(2)17-9-11-18(12-10-17)29-24-25-14-19(30-24)13-8-16(3)26-22(27)20-6-4-5-7-21(20)23(26)28/h4-7,9-12,14-16H,1-3H3. The molecule has 5 nitrogen and oxygen atoms in total. The fourth-order valence-corrected chi connectivity index (χ4v) is 3.83. The number of aromatic nitrogens is 1. The van der Waals surface area contributed by atoms with Gasteiger partial charge in [0.25, 0.3) is 17.0 Å². The molecule has 6 heteroatoms. The van der Waals surface area contributed by atoms with E-state index < -0.39 is 6.04 Å². The summed E-state index contributed by atoms with van der Waals surface area (Å²) in [5.74, 6) is 6.54. The summed E-state index contributed by atoms with van der Waals surface area (Å²) in [7, 11) is 0. The Morgan fingerprint density at radius 3 is 2.20 bits per heavy atom. The van der Waals surface area contributed by atoms with Gasteiger partial charge in [-0.15, -0.1) is 0 Å². The molecule has 3 aromatic rings. The van der Waals surface area contributed by atoms with Crippen molar-refractivity contribution in [3.63, 3.8) is 0 Å². The number of ether oxygens (including phenoxy) is 1. The number of amides is 2. The Bertz CT molecular complexity index is 1130. The van der Waals surface area contributed by atoms with Gasteiger partial charge in [0.15, 0.2) is 0 Å². The highest BCUT2D eigenvalue weighted by Crippen LogP contribution is 2.28. The third kappa shape index (κ3) is 3.85. The lowest BCUT2D eigenvalue weighted by atomic mass is 10.0. The quantitative estimate of drug-likeness (QED) is 0.439. The van der Waals surface area contributed by atoms with Gasteiger partial charge in [0.2, 0.25) is 0 Å². The van der Waals surface area contributed by atoms with Crippen LogP contribution in [0.3, 0.4) is 0 Å². The Balaban J connectivity index is 1.45. The van der Waals surface area contributed by atoms with Crippen molar-refractivity contribution >= 4 is 23.2 Å². The highest BCUT2D eigenvalue weighted by Gasteiger charge is 2.37. The van der Waals surface area contributed by atoms with Crippen molar-refractivity contribution in [3.05, 3.63) is 76.3 Å². The average molecular weight is 417 g/mol. The molecule has 0 saturated heterocycles. The maximum Gasteiger partial charge on any atom is 0.279 e. The van der Waals surface area contributed by atoms with Crippen LogP contribution in [-0.4, -0.2) is 27.7 Å². The molecule has 0 spiro atoms. The molecule has 0 saturated carbocycles. The SMILES string of the molecule is CC(C)c1ccc(Oc2ncc(C#CC(C)N3C(=O)c4ccccc4C3=O)s2)cc1. The molecular formula is C24H20N2O3S. The minimum absolute atomic E-state index is 0.310. The van der Waals surface area contributed by atoms with Crippen LogP contribution in [0.2, 0.25) is 0 Å². The largest absolute Gasteiger partial charge is 0.431 e. The van der Waals surface area contributed by atoms with Gasteiger partial charge in [0, 0.05) is 0 Å². The van der Waals surface area contributed by atoms with Crippen LogP contribution in [0, 0.1) is 11.8 Å². The molecule has 30 heavy (non-hydrogen) atoms. The Kier molecular flexibility index (Phi) is 5.39. The third-order valence-electron chi connectivity index (χ3n) is 4.85. The van der Waals surface area contributed by atoms with Crippen LogP contribution in [0.25, 0.3) is 0 Å². The Hall–Kier alpha value is -3.43. The van der Waals surface area contributed by atoms with E-state index in [1.54, 1.807) is 37.4 Å². The summed E-state index contributed by atoms with van der Waals surface area (Å²) in [5, 5.41) is 0.491. The number of carbonyl (C=O) groups excluding carboxylic acids is 2. The van der Waals surface area contributed by atoms with Crippen LogP contribution >= 0.6 is 11.3 Å². The van der Waals surface area contributed by atoms with Crippen molar-refractivity contribution in [2.24, 2.45) is 0 Å². The van der Waals surface area contributed by atoms with Crippen molar-refractivity contribution in [2.75, 3.05) is 0 Å². The lowest BCUT2D eigenvalue weighted by Gasteiger charge is -2.17. The van der Waals surface area contributed by atoms with E-state index in [1.807, 2.05) is 24.3 Å². The second kappa shape index (κ2) is 8.13. The average Bonchev–Trinajstić information content (AvgIpc) is 3.29. The number of hydrogen-bond acceptors (Lipinski definition) is 5. The van der Waals surface area contributed by atoms with Crippen molar-refractivity contribution in [1.29, 1.82) is 0 Å². The number of rotatable bonds is 4. The first-order valence-electron chi connectivity index (χ1n) is 9.66. The number of nitrogens with zero attached hydrogens (tertiary/aromatic N) is 2. The number of thiazole rings is 1. The predicted octanol–water partition coefficient (Wildman–Crippen LogP) is 5.10. The lowest BCUT2D eigenvalue weighted by molar-refractivity contribution is 0.0630. The zero-order chi connectivity index (χ0) is 21.3. The number of hydrogen-bond donors (Lipinski definition) is 0. The molecule has 1 aliphatic heterocycles. The normalized spacial score (nSPS) is 13.8. The van der Waals surface area contributed by atoms with Gasteiger partial charge in [-0.2, -0.15) is 0 Å². The fourth-order valence-electron chi connectivity index (χ4n) is 3.18. The lowest BCUT2D eigenvalue weighted by Crippen LogP contribution is -2.37. The first kappa shape index (κ1) is 19.9. The number of carbonyl (C=O) groups is 2. The topological polar surface area (TPSA) is 59.5 Å². The van der Waals surface area contributed by atoms with Crippen LogP contribution in [0.5, 0.6) is 10.9 Å². The van der Waals surface area contributed by atoms with E-state index in [9.17, 15) is 9.59 Å². The van der Waals surface area contributed by atoms with Gasteiger partial charge in [0.05, 0.1) is 23.4 Å². The minimum atomic E-state index is -0.549. The van der Waals surface area contributed by atoms with Gasteiger partial charge in [-0.1, -0.05) is 61.3 Å². The summed E-state index contributed by atoms with van der Waals surface area (Å²) >= 11 is 1.32. The molecule has 150 valence electrons. The Morgan fingerprint density at radius 2 is 1.60 bits per heavy atom. The molecule has 1 aromatic heterocycles. The maximum absolute atomic E-state index is 12.5. The Morgan fingerprint density at radius 1 is 0.967 bits per heavy atom. The molecule has 0 fully saturated rings. The van der Waals surface area contributed by atoms with E-state index in [0.29, 0.717) is 32.9 Å². The summed E-state index contributed by atoms with van der Waals surface area (Å²) in [6.07, 6.45) is 1.63. The van der Waals surface area contributed by atoms with E-state index in [4.69, 9.17) is 4.74 Å². The van der Waals surface area contributed by atoms with Gasteiger partial charge < -0.3 is 4.74 Å². The molecule has 2 aromatic carbocycles. The molecule has 0 bridgehead atoms. The van der Waals surface area contributed by atoms with Crippen LogP contribution in [0.1, 0.15) is 57.8 Å². The second-order valence-corrected chi connectivity index (χ2v) is 8.28. The van der Waals surface area contributed by atoms with Gasteiger partial charge >= 0.3 is 0 Å². The van der Waals surface area contributed by atoms with Gasteiger partial charge in [-0.25, -0.2) is 4.98 Å². The molecular weight excluding hydrogens is 396 g/mol. The van der Waals surface area contributed by atoms with Gasteiger partial charge in [-0.05, 0) is 42.7 Å². The molecule has 1 atom stereocenters. The summed E-state index contributed by atoms with van der Waals surface area (Å²) in [5.41, 5.74) is 2.09. The van der Waals surface area contributed by atoms with E-state index in [-0.39, 0.29) is 11.8 Å².